The first-order valence-corrected chi connectivity index (χ1v) is 9.85. The van der Waals surface area contributed by atoms with E-state index in [9.17, 15) is 4.39 Å². The van der Waals surface area contributed by atoms with Crippen molar-refractivity contribution in [2.24, 2.45) is 4.99 Å². The van der Waals surface area contributed by atoms with Gasteiger partial charge in [0.1, 0.15) is 5.82 Å². The maximum absolute atomic E-state index is 13.1. The number of halogens is 2. The van der Waals surface area contributed by atoms with Crippen molar-refractivity contribution in [3.8, 4) is 0 Å². The average Bonchev–Trinajstić information content (AvgIpc) is 2.97. The summed E-state index contributed by atoms with van der Waals surface area (Å²) in [6.07, 6.45) is 0. The van der Waals surface area contributed by atoms with Crippen LogP contribution in [0.1, 0.15) is 22.5 Å². The van der Waals surface area contributed by atoms with Gasteiger partial charge in [0.05, 0.1) is 17.2 Å². The Labute approximate surface area is 181 Å². The molecule has 2 aromatic rings. The van der Waals surface area contributed by atoms with E-state index in [4.69, 9.17) is 4.99 Å². The third-order valence-electron chi connectivity index (χ3n) is 4.48. The third-order valence-corrected chi connectivity index (χ3v) is 5.54. The van der Waals surface area contributed by atoms with E-state index in [0.29, 0.717) is 6.54 Å². The Morgan fingerprint density at radius 2 is 1.85 bits per heavy atom. The number of hydrogen-bond donors (Lipinski definition) is 1. The molecule has 1 aromatic carbocycles. The van der Waals surface area contributed by atoms with Crippen molar-refractivity contribution in [1.82, 2.24) is 15.2 Å². The maximum Gasteiger partial charge on any atom is 0.194 e. The summed E-state index contributed by atoms with van der Waals surface area (Å²) in [5.41, 5.74) is 2.15. The van der Waals surface area contributed by atoms with Crippen molar-refractivity contribution >= 4 is 47.0 Å². The molecular weight excluding hydrogens is 476 g/mol. The molecule has 2 heterocycles. The largest absolute Gasteiger partial charge is 0.368 e. The third kappa shape index (κ3) is 5.78. The molecule has 0 aliphatic carbocycles. The van der Waals surface area contributed by atoms with Crippen LogP contribution in [-0.2, 0) is 6.54 Å². The average molecular weight is 503 g/mol. The van der Waals surface area contributed by atoms with E-state index in [-0.39, 0.29) is 29.8 Å². The molecule has 0 bridgehead atoms. The number of aliphatic imine (C=N–C) groups is 1. The number of thiazole rings is 1. The fraction of sp³-hybridized carbons (Fsp3) is 0.474. The van der Waals surface area contributed by atoms with Crippen LogP contribution >= 0.6 is 35.3 Å². The monoisotopic (exact) mass is 503 g/mol. The van der Waals surface area contributed by atoms with E-state index in [1.54, 1.807) is 11.3 Å². The van der Waals surface area contributed by atoms with Crippen LogP contribution in [0.4, 0.5) is 10.1 Å². The minimum Gasteiger partial charge on any atom is -0.368 e. The first-order valence-electron chi connectivity index (χ1n) is 9.03. The smallest absolute Gasteiger partial charge is 0.194 e. The summed E-state index contributed by atoms with van der Waals surface area (Å²) in [5, 5.41) is 4.49. The van der Waals surface area contributed by atoms with Gasteiger partial charge in [-0.05, 0) is 45.0 Å². The highest BCUT2D eigenvalue weighted by molar-refractivity contribution is 14.0. The second kappa shape index (κ2) is 10.2. The maximum atomic E-state index is 13.1. The number of nitrogens with one attached hydrogen (secondary N) is 1. The van der Waals surface area contributed by atoms with Crippen LogP contribution in [0.15, 0.2) is 29.3 Å². The van der Waals surface area contributed by atoms with Gasteiger partial charge in [-0.25, -0.2) is 14.4 Å². The van der Waals surface area contributed by atoms with Crippen LogP contribution in [0.3, 0.4) is 0 Å². The normalized spacial score (nSPS) is 14.9. The van der Waals surface area contributed by atoms with Crippen molar-refractivity contribution in [3.05, 3.63) is 45.7 Å². The lowest BCUT2D eigenvalue weighted by Gasteiger charge is -2.37. The molecule has 0 atom stereocenters. The van der Waals surface area contributed by atoms with Gasteiger partial charge < -0.3 is 15.1 Å². The standard InChI is InChI=1S/C19H26FN5S.HI/c1-4-21-19(22-13-18-14(2)23-15(3)26-18)25-11-9-24(10-12-25)17-7-5-16(20)6-8-17;/h5-8H,4,9-13H2,1-3H3,(H,21,22);1H. The van der Waals surface area contributed by atoms with Crippen LogP contribution in [0.2, 0.25) is 0 Å². The molecule has 0 radical (unpaired) electrons. The van der Waals surface area contributed by atoms with Gasteiger partial charge in [-0.1, -0.05) is 0 Å². The quantitative estimate of drug-likeness (QED) is 0.392. The van der Waals surface area contributed by atoms with Gasteiger partial charge in [-0.2, -0.15) is 0 Å². The summed E-state index contributed by atoms with van der Waals surface area (Å²) in [6.45, 7) is 11.3. The predicted octanol–water partition coefficient (Wildman–Crippen LogP) is 3.80. The van der Waals surface area contributed by atoms with Gasteiger partial charge in [0, 0.05) is 43.3 Å². The Hall–Kier alpha value is -1.42. The molecule has 1 aromatic heterocycles. The highest BCUT2D eigenvalue weighted by Crippen LogP contribution is 2.19. The summed E-state index contributed by atoms with van der Waals surface area (Å²) in [4.78, 5) is 15.1. The van der Waals surface area contributed by atoms with Crippen molar-refractivity contribution in [3.63, 3.8) is 0 Å². The lowest BCUT2D eigenvalue weighted by Crippen LogP contribution is -2.52. The fourth-order valence-corrected chi connectivity index (χ4v) is 3.98. The fourth-order valence-electron chi connectivity index (χ4n) is 3.12. The molecule has 1 aliphatic rings. The van der Waals surface area contributed by atoms with Gasteiger partial charge in [-0.3, -0.25) is 0 Å². The Morgan fingerprint density at radius 1 is 1.19 bits per heavy atom. The van der Waals surface area contributed by atoms with E-state index in [1.165, 1.54) is 17.0 Å². The molecule has 8 heteroatoms. The topological polar surface area (TPSA) is 43.8 Å². The van der Waals surface area contributed by atoms with Crippen molar-refractivity contribution in [2.45, 2.75) is 27.3 Å². The molecule has 1 saturated heterocycles. The number of guanidine groups is 1. The van der Waals surface area contributed by atoms with Gasteiger partial charge in [0.25, 0.3) is 0 Å². The number of aromatic nitrogens is 1. The molecule has 5 nitrogen and oxygen atoms in total. The molecule has 0 saturated carbocycles. The molecule has 3 rings (SSSR count). The minimum absolute atomic E-state index is 0. The molecule has 1 aliphatic heterocycles. The summed E-state index contributed by atoms with van der Waals surface area (Å²) in [5.74, 6) is 0.763. The molecule has 0 spiro atoms. The summed E-state index contributed by atoms with van der Waals surface area (Å²) in [6, 6.07) is 6.73. The summed E-state index contributed by atoms with van der Waals surface area (Å²) in [7, 11) is 0. The van der Waals surface area contributed by atoms with Crippen molar-refractivity contribution < 1.29 is 4.39 Å². The predicted molar refractivity (Wildman–Crippen MR) is 122 cm³/mol. The van der Waals surface area contributed by atoms with E-state index in [2.05, 4.69) is 27.0 Å². The number of rotatable bonds is 4. The van der Waals surface area contributed by atoms with Crippen LogP contribution < -0.4 is 10.2 Å². The lowest BCUT2D eigenvalue weighted by molar-refractivity contribution is 0.372. The molecule has 27 heavy (non-hydrogen) atoms. The Bertz CT molecular complexity index is 754. The van der Waals surface area contributed by atoms with Gasteiger partial charge >= 0.3 is 0 Å². The molecule has 0 unspecified atom stereocenters. The lowest BCUT2D eigenvalue weighted by atomic mass is 10.2. The summed E-state index contributed by atoms with van der Waals surface area (Å²) >= 11 is 1.72. The molecule has 1 fully saturated rings. The molecular formula is C19H27FIN5S. The van der Waals surface area contributed by atoms with E-state index < -0.39 is 0 Å². The summed E-state index contributed by atoms with van der Waals surface area (Å²) < 4.78 is 13.1. The Balaban J connectivity index is 0.00000261. The number of aryl methyl sites for hydroxylation is 2. The van der Waals surface area contributed by atoms with Crippen LogP contribution in [0.25, 0.3) is 0 Å². The molecule has 148 valence electrons. The number of nitrogens with zero attached hydrogens (tertiary/aromatic N) is 4. The van der Waals surface area contributed by atoms with E-state index in [0.717, 1.165) is 55.1 Å². The minimum atomic E-state index is -0.192. The highest BCUT2D eigenvalue weighted by Gasteiger charge is 2.20. The Kier molecular flexibility index (Phi) is 8.28. The molecule has 1 N–H and O–H groups in total. The van der Waals surface area contributed by atoms with Crippen LogP contribution in [-0.4, -0.2) is 48.6 Å². The van der Waals surface area contributed by atoms with Gasteiger partial charge in [0.15, 0.2) is 5.96 Å². The number of hydrogen-bond acceptors (Lipinski definition) is 4. The number of piperazine rings is 1. The van der Waals surface area contributed by atoms with E-state index >= 15 is 0 Å². The zero-order chi connectivity index (χ0) is 18.5. The van der Waals surface area contributed by atoms with Crippen LogP contribution in [0.5, 0.6) is 0 Å². The highest BCUT2D eigenvalue weighted by atomic mass is 127. The van der Waals surface area contributed by atoms with Crippen molar-refractivity contribution in [2.75, 3.05) is 37.6 Å². The second-order valence-electron chi connectivity index (χ2n) is 6.36. The first-order chi connectivity index (χ1) is 12.6. The zero-order valence-corrected chi connectivity index (χ0v) is 19.2. The van der Waals surface area contributed by atoms with Gasteiger partial charge in [-0.15, -0.1) is 35.3 Å². The zero-order valence-electron chi connectivity index (χ0n) is 16.0. The second-order valence-corrected chi connectivity index (χ2v) is 7.65. The van der Waals surface area contributed by atoms with Crippen LogP contribution in [0, 0.1) is 19.7 Å². The molecule has 0 amide bonds. The van der Waals surface area contributed by atoms with E-state index in [1.807, 2.05) is 26.0 Å². The SMILES string of the molecule is CCNC(=NCc1sc(C)nc1C)N1CCN(c2ccc(F)cc2)CC1.I. The Morgan fingerprint density at radius 3 is 2.41 bits per heavy atom. The first kappa shape index (κ1) is 21.9. The number of anilines is 1. The van der Waals surface area contributed by atoms with Crippen molar-refractivity contribution in [1.29, 1.82) is 0 Å². The van der Waals surface area contributed by atoms with Gasteiger partial charge in [0.2, 0.25) is 0 Å². The number of benzene rings is 1.